The van der Waals surface area contributed by atoms with Crippen molar-refractivity contribution in [2.45, 2.75) is 6.92 Å². The molecular weight excluding hydrogens is 124 g/mol. The standard InChI is InChI=1S/C2H2N2O.C2H4O2/c1-3-2-5-4-1;1-2(3)4/h1-2H;1H3,(H,3,4). The van der Waals surface area contributed by atoms with Gasteiger partial charge in [-0.15, -0.1) is 0 Å². The fraction of sp³-hybridized carbons (Fsp3) is 0.250. The van der Waals surface area contributed by atoms with E-state index >= 15 is 0 Å². The molecule has 0 aliphatic heterocycles. The Balaban J connectivity index is 0.000000148. The van der Waals surface area contributed by atoms with Gasteiger partial charge in [-0.1, -0.05) is 5.16 Å². The predicted molar refractivity (Wildman–Crippen MR) is 27.6 cm³/mol. The van der Waals surface area contributed by atoms with E-state index in [9.17, 15) is 0 Å². The minimum atomic E-state index is -0.833. The van der Waals surface area contributed by atoms with Gasteiger partial charge in [-0.3, -0.25) is 4.79 Å². The van der Waals surface area contributed by atoms with E-state index in [1.54, 1.807) is 0 Å². The van der Waals surface area contributed by atoms with Crippen molar-refractivity contribution >= 4 is 5.97 Å². The van der Waals surface area contributed by atoms with Gasteiger partial charge in [0.2, 0.25) is 6.39 Å². The highest BCUT2D eigenvalue weighted by Crippen LogP contribution is 1.62. The number of rotatable bonds is 0. The summed E-state index contributed by atoms with van der Waals surface area (Å²) >= 11 is 0. The third-order valence-corrected chi connectivity index (χ3v) is 0.283. The summed E-state index contributed by atoms with van der Waals surface area (Å²) in [6, 6.07) is 0. The van der Waals surface area contributed by atoms with Crippen LogP contribution in [0.2, 0.25) is 0 Å². The van der Waals surface area contributed by atoms with Crippen molar-refractivity contribution < 1.29 is 14.4 Å². The maximum absolute atomic E-state index is 9.00. The van der Waals surface area contributed by atoms with Crippen LogP contribution in [0.1, 0.15) is 6.92 Å². The molecule has 0 unspecified atom stereocenters. The highest BCUT2D eigenvalue weighted by atomic mass is 16.5. The van der Waals surface area contributed by atoms with Gasteiger partial charge >= 0.3 is 0 Å². The van der Waals surface area contributed by atoms with Crippen LogP contribution in [0.5, 0.6) is 0 Å². The van der Waals surface area contributed by atoms with Crippen molar-refractivity contribution in [2.24, 2.45) is 0 Å². The minimum Gasteiger partial charge on any atom is -0.481 e. The van der Waals surface area contributed by atoms with Gasteiger partial charge in [0.25, 0.3) is 5.97 Å². The number of carboxylic acids is 1. The average molecular weight is 130 g/mol. The van der Waals surface area contributed by atoms with E-state index in [0.29, 0.717) is 0 Å². The molecule has 1 rings (SSSR count). The number of nitrogens with zero attached hydrogens (tertiary/aromatic N) is 2. The third-order valence-electron chi connectivity index (χ3n) is 0.283. The SMILES string of the molecule is CC(=O)O.c1ncon1. The van der Waals surface area contributed by atoms with E-state index in [0.717, 1.165) is 6.92 Å². The Kier molecular flexibility index (Phi) is 4.03. The molecule has 0 aromatic carbocycles. The largest absolute Gasteiger partial charge is 0.481 e. The van der Waals surface area contributed by atoms with Gasteiger partial charge in [0.1, 0.15) is 0 Å². The lowest BCUT2D eigenvalue weighted by Crippen LogP contribution is -1.78. The second-order valence-electron chi connectivity index (χ2n) is 1.10. The second-order valence-corrected chi connectivity index (χ2v) is 1.10. The summed E-state index contributed by atoms with van der Waals surface area (Å²) in [5, 5.41) is 10.7. The number of hydrogen-bond donors (Lipinski definition) is 1. The molecule has 0 saturated heterocycles. The van der Waals surface area contributed by atoms with Gasteiger partial charge < -0.3 is 9.63 Å². The fourth-order valence-electron chi connectivity index (χ4n) is 0.136. The summed E-state index contributed by atoms with van der Waals surface area (Å²) in [5.41, 5.74) is 0. The Morgan fingerprint density at radius 1 is 1.78 bits per heavy atom. The first-order valence-corrected chi connectivity index (χ1v) is 2.12. The molecule has 0 saturated carbocycles. The zero-order chi connectivity index (χ0) is 7.11. The lowest BCUT2D eigenvalue weighted by Gasteiger charge is -1.59. The van der Waals surface area contributed by atoms with Gasteiger partial charge in [0.05, 0.1) is 0 Å². The smallest absolute Gasteiger partial charge is 0.300 e. The quantitative estimate of drug-likeness (QED) is 0.541. The van der Waals surface area contributed by atoms with Crippen LogP contribution in [0.4, 0.5) is 0 Å². The summed E-state index contributed by atoms with van der Waals surface area (Å²) in [7, 11) is 0. The Bertz CT molecular complexity index is 128. The Morgan fingerprint density at radius 3 is 2.44 bits per heavy atom. The molecule has 0 fully saturated rings. The van der Waals surface area contributed by atoms with Crippen LogP contribution < -0.4 is 0 Å². The molecule has 0 spiro atoms. The van der Waals surface area contributed by atoms with Gasteiger partial charge in [0.15, 0.2) is 6.33 Å². The topological polar surface area (TPSA) is 76.2 Å². The summed E-state index contributed by atoms with van der Waals surface area (Å²) < 4.78 is 4.22. The van der Waals surface area contributed by atoms with Crippen LogP contribution >= 0.6 is 0 Å². The molecule has 0 aliphatic rings. The number of carboxylic acid groups (broad SMARTS) is 1. The monoisotopic (exact) mass is 130 g/mol. The van der Waals surface area contributed by atoms with E-state index < -0.39 is 5.97 Å². The molecule has 50 valence electrons. The van der Waals surface area contributed by atoms with Crippen LogP contribution in [-0.4, -0.2) is 21.2 Å². The summed E-state index contributed by atoms with van der Waals surface area (Å²) in [6.45, 7) is 1.08. The molecule has 9 heavy (non-hydrogen) atoms. The molecule has 5 nitrogen and oxygen atoms in total. The maximum atomic E-state index is 9.00. The van der Waals surface area contributed by atoms with Crippen LogP contribution in [0.3, 0.4) is 0 Å². The second kappa shape index (κ2) is 4.76. The number of aromatic nitrogens is 2. The maximum Gasteiger partial charge on any atom is 0.300 e. The average Bonchev–Trinajstić information content (AvgIpc) is 2.11. The number of aliphatic carboxylic acids is 1. The molecule has 0 aliphatic carbocycles. The van der Waals surface area contributed by atoms with E-state index in [4.69, 9.17) is 9.90 Å². The lowest BCUT2D eigenvalue weighted by atomic mass is 10.9. The molecule has 0 radical (unpaired) electrons. The first kappa shape index (κ1) is 7.61. The first-order valence-electron chi connectivity index (χ1n) is 2.12. The number of hydrogen-bond acceptors (Lipinski definition) is 4. The van der Waals surface area contributed by atoms with Crippen LogP contribution in [0.25, 0.3) is 0 Å². The highest BCUT2D eigenvalue weighted by molar-refractivity contribution is 5.62. The Morgan fingerprint density at radius 2 is 2.33 bits per heavy atom. The minimum absolute atomic E-state index is 0.833. The van der Waals surface area contributed by atoms with E-state index in [1.165, 1.54) is 12.7 Å². The van der Waals surface area contributed by atoms with Gasteiger partial charge in [0, 0.05) is 6.92 Å². The molecule has 1 aromatic rings. The van der Waals surface area contributed by atoms with Crippen molar-refractivity contribution in [3.8, 4) is 0 Å². The zero-order valence-electron chi connectivity index (χ0n) is 4.81. The zero-order valence-corrected chi connectivity index (χ0v) is 4.81. The Labute approximate surface area is 51.3 Å². The van der Waals surface area contributed by atoms with Crippen molar-refractivity contribution in [1.29, 1.82) is 0 Å². The fourth-order valence-corrected chi connectivity index (χ4v) is 0.136. The van der Waals surface area contributed by atoms with Crippen LogP contribution in [0, 0.1) is 0 Å². The summed E-state index contributed by atoms with van der Waals surface area (Å²) in [4.78, 5) is 12.4. The molecule has 1 N–H and O–H groups in total. The normalized spacial score (nSPS) is 7.22. The molecule has 5 heteroatoms. The van der Waals surface area contributed by atoms with E-state index in [-0.39, 0.29) is 0 Å². The third kappa shape index (κ3) is 10.8. The van der Waals surface area contributed by atoms with Gasteiger partial charge in [-0.2, -0.15) is 0 Å². The Hall–Kier alpha value is -1.39. The van der Waals surface area contributed by atoms with Crippen molar-refractivity contribution in [1.82, 2.24) is 10.1 Å². The first-order chi connectivity index (χ1) is 4.23. The summed E-state index contributed by atoms with van der Waals surface area (Å²) in [5.74, 6) is -0.833. The molecule has 1 heterocycles. The van der Waals surface area contributed by atoms with E-state index in [2.05, 4.69) is 14.7 Å². The van der Waals surface area contributed by atoms with E-state index in [1.807, 2.05) is 0 Å². The highest BCUT2D eigenvalue weighted by Gasteiger charge is 1.65. The molecule has 1 aromatic heterocycles. The van der Waals surface area contributed by atoms with Crippen LogP contribution in [0.15, 0.2) is 17.2 Å². The van der Waals surface area contributed by atoms with Crippen LogP contribution in [-0.2, 0) is 4.79 Å². The molecule has 0 amide bonds. The van der Waals surface area contributed by atoms with Gasteiger partial charge in [-0.25, -0.2) is 4.98 Å². The molecule has 0 atom stereocenters. The van der Waals surface area contributed by atoms with Gasteiger partial charge in [-0.05, 0) is 0 Å². The molecular formula is C4H6N2O3. The lowest BCUT2D eigenvalue weighted by molar-refractivity contribution is -0.134. The van der Waals surface area contributed by atoms with Crippen molar-refractivity contribution in [3.63, 3.8) is 0 Å². The molecule has 0 bridgehead atoms. The van der Waals surface area contributed by atoms with Crippen molar-refractivity contribution in [3.05, 3.63) is 12.7 Å². The summed E-state index contributed by atoms with van der Waals surface area (Å²) in [6.07, 6.45) is 2.60. The number of carbonyl (C=O) groups is 1. The predicted octanol–water partition coefficient (Wildman–Crippen LogP) is 0.161. The van der Waals surface area contributed by atoms with Crippen molar-refractivity contribution in [2.75, 3.05) is 0 Å².